The summed E-state index contributed by atoms with van der Waals surface area (Å²) in [5, 5.41) is 19.1. The molecule has 0 atom stereocenters. The van der Waals surface area contributed by atoms with Crippen molar-refractivity contribution in [2.75, 3.05) is 0 Å². The van der Waals surface area contributed by atoms with Gasteiger partial charge in [-0.25, -0.2) is 9.59 Å². The predicted octanol–water partition coefficient (Wildman–Crippen LogP) is -0.670. The quantitative estimate of drug-likeness (QED) is 0.504. The lowest BCUT2D eigenvalue weighted by Crippen LogP contribution is -2.21. The van der Waals surface area contributed by atoms with E-state index in [-0.39, 0.29) is 0 Å². The Hall–Kier alpha value is -2.12. The molecular formula is C6H7N3O5. The summed E-state index contributed by atoms with van der Waals surface area (Å²) in [5.41, 5.74) is -1.36. The zero-order chi connectivity index (χ0) is 11.0. The van der Waals surface area contributed by atoms with Gasteiger partial charge in [0.1, 0.15) is 0 Å². The molecule has 0 aromatic carbocycles. The van der Waals surface area contributed by atoms with Crippen LogP contribution >= 0.6 is 0 Å². The first-order valence-corrected chi connectivity index (χ1v) is 3.51. The Labute approximate surface area is 77.1 Å². The van der Waals surface area contributed by atoms with Crippen molar-refractivity contribution in [3.8, 4) is 0 Å². The SMILES string of the molecule is Cn1c(C(=O)O)c([N+](=O)[O-])n(C)c1=O. The molecule has 1 N–H and O–H groups in total. The molecule has 0 saturated heterocycles. The average Bonchev–Trinajstić information content (AvgIpc) is 2.29. The number of rotatable bonds is 2. The molecule has 1 aromatic rings. The second-order valence-electron chi connectivity index (χ2n) is 2.64. The van der Waals surface area contributed by atoms with Gasteiger partial charge in [0.25, 0.3) is 0 Å². The highest BCUT2D eigenvalue weighted by Crippen LogP contribution is 2.14. The van der Waals surface area contributed by atoms with Gasteiger partial charge in [0.15, 0.2) is 0 Å². The number of nitrogens with zero attached hydrogens (tertiary/aromatic N) is 3. The lowest BCUT2D eigenvalue weighted by molar-refractivity contribution is -0.392. The number of aromatic nitrogens is 2. The smallest absolute Gasteiger partial charge is 0.416 e. The molecule has 0 aliphatic heterocycles. The molecule has 0 aliphatic carbocycles. The number of aromatic carboxylic acids is 1. The maximum Gasteiger partial charge on any atom is 0.416 e. The van der Waals surface area contributed by atoms with Crippen molar-refractivity contribution >= 4 is 11.8 Å². The number of carboxylic acid groups (broad SMARTS) is 1. The Morgan fingerprint density at radius 3 is 2.21 bits per heavy atom. The van der Waals surface area contributed by atoms with E-state index >= 15 is 0 Å². The van der Waals surface area contributed by atoms with Gasteiger partial charge >= 0.3 is 17.5 Å². The Balaban J connectivity index is 3.71. The molecule has 0 aliphatic rings. The molecule has 1 aromatic heterocycles. The first-order chi connectivity index (χ1) is 6.37. The van der Waals surface area contributed by atoms with Crippen LogP contribution in [0.15, 0.2) is 4.79 Å². The summed E-state index contributed by atoms with van der Waals surface area (Å²) >= 11 is 0. The number of hydrogen-bond donors (Lipinski definition) is 1. The van der Waals surface area contributed by atoms with Crippen LogP contribution in [0, 0.1) is 10.1 Å². The van der Waals surface area contributed by atoms with Crippen molar-refractivity contribution in [1.82, 2.24) is 9.13 Å². The van der Waals surface area contributed by atoms with Gasteiger partial charge in [-0.2, -0.15) is 4.57 Å². The van der Waals surface area contributed by atoms with Crippen LogP contribution in [0.1, 0.15) is 10.5 Å². The third kappa shape index (κ3) is 1.16. The first kappa shape index (κ1) is 9.96. The normalized spacial score (nSPS) is 10.1. The zero-order valence-electron chi connectivity index (χ0n) is 7.42. The number of nitro groups is 1. The minimum atomic E-state index is -1.50. The van der Waals surface area contributed by atoms with E-state index in [2.05, 4.69) is 0 Å². The number of imidazole rings is 1. The van der Waals surface area contributed by atoms with Crippen molar-refractivity contribution in [2.45, 2.75) is 0 Å². The highest BCUT2D eigenvalue weighted by Gasteiger charge is 2.30. The molecule has 0 bridgehead atoms. The molecule has 8 nitrogen and oxygen atoms in total. The lowest BCUT2D eigenvalue weighted by Gasteiger charge is -1.95. The summed E-state index contributed by atoms with van der Waals surface area (Å²) in [6.45, 7) is 0. The minimum Gasteiger partial charge on any atom is -0.476 e. The van der Waals surface area contributed by atoms with Gasteiger partial charge in [-0.05, 0) is 4.92 Å². The molecule has 0 radical (unpaired) electrons. The van der Waals surface area contributed by atoms with Gasteiger partial charge < -0.3 is 15.2 Å². The molecule has 0 unspecified atom stereocenters. The Kier molecular flexibility index (Phi) is 2.12. The highest BCUT2D eigenvalue weighted by molar-refractivity contribution is 5.89. The number of carboxylic acids is 1. The predicted molar refractivity (Wildman–Crippen MR) is 44.3 cm³/mol. The van der Waals surface area contributed by atoms with Gasteiger partial charge in [0, 0.05) is 7.05 Å². The fourth-order valence-electron chi connectivity index (χ4n) is 1.17. The fraction of sp³-hybridized carbons (Fsp3) is 0.333. The number of hydrogen-bond acceptors (Lipinski definition) is 4. The van der Waals surface area contributed by atoms with E-state index in [0.29, 0.717) is 4.57 Å². The summed E-state index contributed by atoms with van der Waals surface area (Å²) in [7, 11) is 2.31. The van der Waals surface area contributed by atoms with E-state index in [4.69, 9.17) is 5.11 Å². The van der Waals surface area contributed by atoms with Crippen molar-refractivity contribution < 1.29 is 14.8 Å². The minimum absolute atomic E-state index is 0.623. The maximum absolute atomic E-state index is 11.2. The molecule has 0 spiro atoms. The van der Waals surface area contributed by atoms with E-state index in [1.165, 1.54) is 7.05 Å². The second kappa shape index (κ2) is 2.98. The summed E-state index contributed by atoms with van der Waals surface area (Å²) in [5.74, 6) is -2.22. The molecule has 1 rings (SSSR count). The summed E-state index contributed by atoms with van der Waals surface area (Å²) in [6.07, 6.45) is 0. The summed E-state index contributed by atoms with van der Waals surface area (Å²) in [6, 6.07) is 0. The van der Waals surface area contributed by atoms with Gasteiger partial charge in [-0.3, -0.25) is 4.57 Å². The Morgan fingerprint density at radius 1 is 1.43 bits per heavy atom. The summed E-state index contributed by atoms with van der Waals surface area (Å²) in [4.78, 5) is 31.4. The Bertz CT molecular complexity index is 428. The molecule has 14 heavy (non-hydrogen) atoms. The largest absolute Gasteiger partial charge is 0.476 e. The molecule has 1 heterocycles. The maximum atomic E-state index is 11.2. The van der Waals surface area contributed by atoms with Crippen molar-refractivity contribution in [3.05, 3.63) is 26.3 Å². The first-order valence-electron chi connectivity index (χ1n) is 3.51. The van der Waals surface area contributed by atoms with Crippen LogP contribution in [0.25, 0.3) is 0 Å². The van der Waals surface area contributed by atoms with E-state index in [1.54, 1.807) is 0 Å². The van der Waals surface area contributed by atoms with Gasteiger partial charge in [-0.15, -0.1) is 0 Å². The molecule has 0 saturated carbocycles. The average molecular weight is 201 g/mol. The summed E-state index contributed by atoms with van der Waals surface area (Å²) < 4.78 is 1.41. The van der Waals surface area contributed by atoms with Crippen LogP contribution in [0.3, 0.4) is 0 Å². The van der Waals surface area contributed by atoms with E-state index in [9.17, 15) is 19.7 Å². The topological polar surface area (TPSA) is 107 Å². The van der Waals surface area contributed by atoms with Gasteiger partial charge in [0.2, 0.25) is 5.69 Å². The van der Waals surface area contributed by atoms with Crippen LogP contribution in [0.4, 0.5) is 5.82 Å². The van der Waals surface area contributed by atoms with Gasteiger partial charge in [0.05, 0.1) is 7.05 Å². The molecular weight excluding hydrogens is 194 g/mol. The number of carbonyl (C=O) groups is 1. The van der Waals surface area contributed by atoms with Crippen LogP contribution in [0.2, 0.25) is 0 Å². The fourth-order valence-corrected chi connectivity index (χ4v) is 1.17. The zero-order valence-corrected chi connectivity index (χ0v) is 7.42. The van der Waals surface area contributed by atoms with Gasteiger partial charge in [-0.1, -0.05) is 0 Å². The molecule has 0 amide bonds. The van der Waals surface area contributed by atoms with Crippen molar-refractivity contribution in [3.63, 3.8) is 0 Å². The van der Waals surface area contributed by atoms with E-state index in [0.717, 1.165) is 11.6 Å². The van der Waals surface area contributed by atoms with E-state index < -0.39 is 28.1 Å². The monoisotopic (exact) mass is 201 g/mol. The van der Waals surface area contributed by atoms with Crippen LogP contribution in [-0.4, -0.2) is 25.1 Å². The van der Waals surface area contributed by atoms with Crippen LogP contribution in [0.5, 0.6) is 0 Å². The molecule has 76 valence electrons. The third-order valence-electron chi connectivity index (χ3n) is 1.81. The van der Waals surface area contributed by atoms with Crippen molar-refractivity contribution in [1.29, 1.82) is 0 Å². The van der Waals surface area contributed by atoms with Crippen molar-refractivity contribution in [2.24, 2.45) is 14.1 Å². The second-order valence-corrected chi connectivity index (χ2v) is 2.64. The lowest BCUT2D eigenvalue weighted by atomic mass is 10.4. The van der Waals surface area contributed by atoms with E-state index in [1.807, 2.05) is 0 Å². The third-order valence-corrected chi connectivity index (χ3v) is 1.81. The Morgan fingerprint density at radius 2 is 1.93 bits per heavy atom. The van der Waals surface area contributed by atoms with Crippen LogP contribution < -0.4 is 5.69 Å². The highest BCUT2D eigenvalue weighted by atomic mass is 16.6. The standard InChI is InChI=1S/C6H7N3O5/c1-7-3(5(10)11)4(9(13)14)8(2)6(7)12/h1-2H3,(H,10,11). The molecule has 0 fully saturated rings. The molecule has 8 heteroatoms. The van der Waals surface area contributed by atoms with Crippen LogP contribution in [-0.2, 0) is 14.1 Å².